The topological polar surface area (TPSA) is 81.2 Å². The van der Waals surface area contributed by atoms with Gasteiger partial charge in [0, 0.05) is 25.0 Å². The maximum absolute atomic E-state index is 10.5. The number of rotatable bonds is 7. The Morgan fingerprint density at radius 1 is 0.958 bits per heavy atom. The average Bonchev–Trinajstić information content (AvgIpc) is 2.59. The van der Waals surface area contributed by atoms with E-state index in [1.54, 1.807) is 12.4 Å². The molecule has 0 fully saturated rings. The van der Waals surface area contributed by atoms with Crippen molar-refractivity contribution in [2.45, 2.75) is 12.8 Å². The Morgan fingerprint density at radius 2 is 1.75 bits per heavy atom. The van der Waals surface area contributed by atoms with Gasteiger partial charge in [0.05, 0.1) is 11.0 Å². The number of thiol groups is 1. The van der Waals surface area contributed by atoms with Crippen molar-refractivity contribution in [1.82, 2.24) is 14.7 Å². The van der Waals surface area contributed by atoms with E-state index >= 15 is 0 Å². The molecule has 3 rings (SSSR count). The van der Waals surface area contributed by atoms with E-state index in [2.05, 4.69) is 14.7 Å². The van der Waals surface area contributed by atoms with Crippen LogP contribution in [0.2, 0.25) is 0 Å². The van der Waals surface area contributed by atoms with E-state index in [9.17, 15) is 8.42 Å². The van der Waals surface area contributed by atoms with Crippen LogP contribution < -0.4 is 9.46 Å². The molecule has 1 heterocycles. The number of benzene rings is 2. The standard InChI is InChI=1S/C17H17N3O3S/c21-24(22)20-8-2-4-13-3-1-5-14(11-13)23-15-6-7-16-17(12-15)19-10-9-18-16/h1,3,5-7,9-12,24H,2,4,8H2,(H,20,21,22). The number of nitrogens with zero attached hydrogens (tertiary/aromatic N) is 2. The van der Waals surface area contributed by atoms with Crippen molar-refractivity contribution >= 4 is 21.9 Å². The third kappa shape index (κ3) is 4.50. The summed E-state index contributed by atoms with van der Waals surface area (Å²) in [4.78, 5) is 8.50. The summed E-state index contributed by atoms with van der Waals surface area (Å²) in [5.41, 5.74) is 2.70. The lowest BCUT2D eigenvalue weighted by Gasteiger charge is -2.08. The largest absolute Gasteiger partial charge is 0.457 e. The van der Waals surface area contributed by atoms with E-state index in [0.717, 1.165) is 35.2 Å². The van der Waals surface area contributed by atoms with Crippen molar-refractivity contribution in [1.29, 1.82) is 0 Å². The molecule has 6 nitrogen and oxygen atoms in total. The van der Waals surface area contributed by atoms with Crippen molar-refractivity contribution < 1.29 is 13.2 Å². The van der Waals surface area contributed by atoms with Gasteiger partial charge < -0.3 is 4.74 Å². The molecule has 0 aliphatic heterocycles. The van der Waals surface area contributed by atoms with Crippen molar-refractivity contribution in [3.05, 3.63) is 60.4 Å². The van der Waals surface area contributed by atoms with Gasteiger partial charge in [0.25, 0.3) is 0 Å². The number of ether oxygens (including phenoxy) is 1. The fourth-order valence-electron chi connectivity index (χ4n) is 2.37. The van der Waals surface area contributed by atoms with Crippen LogP contribution in [-0.2, 0) is 17.3 Å². The van der Waals surface area contributed by atoms with Gasteiger partial charge in [0.1, 0.15) is 11.5 Å². The van der Waals surface area contributed by atoms with Gasteiger partial charge >= 0.3 is 0 Å². The fourth-order valence-corrected chi connectivity index (χ4v) is 2.71. The summed E-state index contributed by atoms with van der Waals surface area (Å²) in [7, 11) is -2.52. The minimum Gasteiger partial charge on any atom is -0.457 e. The maximum Gasteiger partial charge on any atom is 0.201 e. The summed E-state index contributed by atoms with van der Waals surface area (Å²) in [6, 6.07) is 13.3. The second-order valence-corrected chi connectivity index (χ2v) is 6.06. The monoisotopic (exact) mass is 343 g/mol. The van der Waals surface area contributed by atoms with E-state index in [0.29, 0.717) is 12.3 Å². The number of aromatic nitrogens is 2. The van der Waals surface area contributed by atoms with Gasteiger partial charge in [-0.3, -0.25) is 9.97 Å². The molecule has 0 atom stereocenters. The second-order valence-electron chi connectivity index (χ2n) is 5.23. The molecule has 7 heteroatoms. The van der Waals surface area contributed by atoms with Crippen LogP contribution in [0.5, 0.6) is 11.5 Å². The molecule has 1 N–H and O–H groups in total. The quantitative estimate of drug-likeness (QED) is 0.509. The van der Waals surface area contributed by atoms with E-state index in [-0.39, 0.29) is 0 Å². The Hall–Kier alpha value is -2.51. The summed E-state index contributed by atoms with van der Waals surface area (Å²) in [6.07, 6.45) is 4.82. The first-order valence-electron chi connectivity index (χ1n) is 7.56. The first-order chi connectivity index (χ1) is 11.7. The average molecular weight is 343 g/mol. The normalized spacial score (nSPS) is 11.0. The van der Waals surface area contributed by atoms with E-state index in [1.807, 2.05) is 42.5 Å². The molecule has 3 aromatic rings. The molecule has 0 aliphatic carbocycles. The molecule has 0 saturated carbocycles. The van der Waals surface area contributed by atoms with Crippen LogP contribution in [0, 0.1) is 0 Å². The van der Waals surface area contributed by atoms with Gasteiger partial charge in [-0.25, -0.2) is 13.1 Å². The third-order valence-electron chi connectivity index (χ3n) is 3.46. The Kier molecular flexibility index (Phi) is 5.35. The Balaban J connectivity index is 1.66. The van der Waals surface area contributed by atoms with Gasteiger partial charge in [-0.2, -0.15) is 0 Å². The number of hydrogen-bond donors (Lipinski definition) is 2. The molecular formula is C17H17N3O3S. The highest BCUT2D eigenvalue weighted by atomic mass is 32.2. The van der Waals surface area contributed by atoms with Crippen LogP contribution in [0.4, 0.5) is 0 Å². The number of fused-ring (bicyclic) bond motifs is 1. The van der Waals surface area contributed by atoms with Crippen molar-refractivity contribution in [3.8, 4) is 11.5 Å². The van der Waals surface area contributed by atoms with Gasteiger partial charge in [-0.1, -0.05) is 12.1 Å². The summed E-state index contributed by atoms with van der Waals surface area (Å²) >= 11 is 0. The third-order valence-corrected chi connectivity index (χ3v) is 3.94. The lowest BCUT2D eigenvalue weighted by molar-refractivity contribution is 0.482. The van der Waals surface area contributed by atoms with Gasteiger partial charge in [-0.05, 0) is 42.7 Å². The maximum atomic E-state index is 10.5. The van der Waals surface area contributed by atoms with E-state index in [4.69, 9.17) is 4.74 Å². The first-order valence-corrected chi connectivity index (χ1v) is 8.74. The van der Waals surface area contributed by atoms with Crippen LogP contribution in [0.25, 0.3) is 11.0 Å². The molecule has 0 aliphatic rings. The molecule has 2 aromatic carbocycles. The fraction of sp³-hybridized carbons (Fsp3) is 0.176. The van der Waals surface area contributed by atoms with Crippen LogP contribution >= 0.6 is 0 Å². The minimum absolute atomic E-state index is 0.438. The van der Waals surface area contributed by atoms with Crippen LogP contribution in [0.15, 0.2) is 54.9 Å². The van der Waals surface area contributed by atoms with Crippen LogP contribution in [0.1, 0.15) is 12.0 Å². The lowest BCUT2D eigenvalue weighted by atomic mass is 10.1. The molecule has 1 aromatic heterocycles. The van der Waals surface area contributed by atoms with Crippen LogP contribution in [0.3, 0.4) is 0 Å². The van der Waals surface area contributed by atoms with Crippen molar-refractivity contribution in [2.24, 2.45) is 0 Å². The molecule has 0 saturated heterocycles. The highest BCUT2D eigenvalue weighted by molar-refractivity contribution is 7.70. The van der Waals surface area contributed by atoms with Gasteiger partial charge in [0.2, 0.25) is 10.9 Å². The molecule has 124 valence electrons. The SMILES string of the molecule is O=[SH](=O)NCCCc1cccc(Oc2ccc3nccnc3c2)c1. The zero-order chi connectivity index (χ0) is 16.8. The number of hydrogen-bond acceptors (Lipinski definition) is 5. The van der Waals surface area contributed by atoms with Crippen LogP contribution in [-0.4, -0.2) is 24.9 Å². The zero-order valence-corrected chi connectivity index (χ0v) is 13.8. The first kappa shape index (κ1) is 16.4. The Labute approximate surface area is 141 Å². The van der Waals surface area contributed by atoms with E-state index < -0.39 is 10.9 Å². The molecule has 24 heavy (non-hydrogen) atoms. The van der Waals surface area contributed by atoms with Gasteiger partial charge in [-0.15, -0.1) is 0 Å². The molecule has 0 radical (unpaired) electrons. The highest BCUT2D eigenvalue weighted by Gasteiger charge is 2.02. The summed E-state index contributed by atoms with van der Waals surface area (Å²) in [5, 5.41) is 0. The summed E-state index contributed by atoms with van der Waals surface area (Å²) in [5.74, 6) is 1.43. The second kappa shape index (κ2) is 7.85. The number of nitrogens with one attached hydrogen (secondary N) is 1. The minimum atomic E-state index is -2.52. The predicted octanol–water partition coefficient (Wildman–Crippen LogP) is 2.47. The smallest absolute Gasteiger partial charge is 0.201 e. The number of aryl methyl sites for hydroxylation is 1. The van der Waals surface area contributed by atoms with Crippen molar-refractivity contribution in [3.63, 3.8) is 0 Å². The molecule has 0 bridgehead atoms. The summed E-state index contributed by atoms with van der Waals surface area (Å²) < 4.78 is 29.2. The molecular weight excluding hydrogens is 326 g/mol. The van der Waals surface area contributed by atoms with E-state index in [1.165, 1.54) is 0 Å². The van der Waals surface area contributed by atoms with Crippen molar-refractivity contribution in [2.75, 3.05) is 6.54 Å². The molecule has 0 unspecified atom stereocenters. The lowest BCUT2D eigenvalue weighted by Crippen LogP contribution is -2.13. The Morgan fingerprint density at radius 3 is 2.58 bits per heavy atom. The summed E-state index contributed by atoms with van der Waals surface area (Å²) in [6.45, 7) is 0.438. The Bertz CT molecular complexity index is 904. The highest BCUT2D eigenvalue weighted by Crippen LogP contribution is 2.25. The molecule has 0 amide bonds. The molecule has 0 spiro atoms. The predicted molar refractivity (Wildman–Crippen MR) is 92.7 cm³/mol. The zero-order valence-electron chi connectivity index (χ0n) is 12.9. The van der Waals surface area contributed by atoms with Gasteiger partial charge in [0.15, 0.2) is 0 Å².